The average Bonchev–Trinajstić information content (AvgIpc) is 1.04. The van der Waals surface area contributed by atoms with E-state index in [1.165, 1.54) is 250 Å². The summed E-state index contributed by atoms with van der Waals surface area (Å²) in [6, 6.07) is 0. The molecule has 5 aliphatic rings. The van der Waals surface area contributed by atoms with Crippen molar-refractivity contribution in [1.82, 2.24) is 0 Å². The zero-order valence-electron chi connectivity index (χ0n) is 77.5. The van der Waals surface area contributed by atoms with Gasteiger partial charge in [0.1, 0.15) is 67.8 Å². The fraction of sp³-hybridized carbons (Fsp3) is 1.00. The second-order valence-corrected chi connectivity index (χ2v) is 41.2. The van der Waals surface area contributed by atoms with Crippen LogP contribution < -0.4 is 0 Å². The first-order valence-corrected chi connectivity index (χ1v) is 49.5. The van der Waals surface area contributed by atoms with Crippen molar-refractivity contribution < 1.29 is 83.5 Å². The minimum absolute atomic E-state index is 0.0174. The van der Waals surface area contributed by atoms with Crippen LogP contribution in [0, 0.1) is 107 Å². The summed E-state index contributed by atoms with van der Waals surface area (Å²) in [6.07, 6.45) is 42.5. The molecule has 0 aromatic rings. The first kappa shape index (κ1) is 106. The topological polar surface area (TPSA) is 245 Å². The molecule has 3 saturated heterocycles. The summed E-state index contributed by atoms with van der Waals surface area (Å²) in [5.41, 5.74) is 0. The van der Waals surface area contributed by atoms with Gasteiger partial charge in [-0.05, 0) is 158 Å². The fourth-order valence-corrected chi connectivity index (χ4v) is 20.1. The number of aliphatic hydroxyl groups is 8. The van der Waals surface area contributed by atoms with Gasteiger partial charge in [0.25, 0.3) is 0 Å². The van der Waals surface area contributed by atoms with E-state index in [-0.39, 0.29) is 32.5 Å². The molecular weight excluding hydrogens is 1460 g/mol. The molecule has 2 saturated carbocycles. The van der Waals surface area contributed by atoms with E-state index in [1.807, 2.05) is 0 Å². The molecule has 5 rings (SSSR count). The van der Waals surface area contributed by atoms with E-state index in [1.54, 1.807) is 0 Å². The molecule has 17 heteroatoms. The number of ether oxygens (including phenoxy) is 9. The maximum absolute atomic E-state index is 11.1. The molecule has 17 nitrogen and oxygen atoms in total. The standard InChI is InChI=1S/C99H190O17/c1-70-25-15-27-72(3)31-19-35-78(9)54-58-109-66-89(67-113-98-96(106)95(105)93(103)91(116-98)68-110-69-114-99-97(107)94(104)92(102)90(64-101)115-99)112-60-56-81(12)40-24-44-85-50-52-87(62-85)83(14)42-22-38-77(8)48-47-76(7)37-21-41-82(13)86-51-49-84(61-86)43-23-39-79(10)53-57-108-65-88(63-100)111-59-55-80(11)36-20-32-73(4)28-16-26-71(2)30-18-34-75(6)46-45-74(5)33-17-29-70/h70-107H,15-69H2,1-14H3/t70?,71?,72?,73?,74?,75?,76?,77?,78?,79?,80?,81?,82?,83?,84?,85?,86?,87?,88?,89?,90-,91-,92-,93-,94+,95+,96-,97-,98?,99?/m1/s1. The Labute approximate surface area is 712 Å². The third kappa shape index (κ3) is 45.5. The van der Waals surface area contributed by atoms with E-state index in [4.69, 9.17) is 42.6 Å². The summed E-state index contributed by atoms with van der Waals surface area (Å²) < 4.78 is 53.8. The molecule has 0 amide bonds. The predicted octanol–water partition coefficient (Wildman–Crippen LogP) is 21.0. The van der Waals surface area contributed by atoms with Gasteiger partial charge in [-0.1, -0.05) is 328 Å². The molecule has 0 radical (unpaired) electrons. The van der Waals surface area contributed by atoms with E-state index < -0.39 is 80.9 Å². The minimum atomic E-state index is -1.62. The molecule has 688 valence electrons. The van der Waals surface area contributed by atoms with Gasteiger partial charge in [-0.25, -0.2) is 0 Å². The van der Waals surface area contributed by atoms with E-state index in [9.17, 15) is 40.9 Å². The lowest BCUT2D eigenvalue weighted by atomic mass is 9.84. The normalized spacial score (nSPS) is 40.9. The second kappa shape index (κ2) is 62.5. The summed E-state index contributed by atoms with van der Waals surface area (Å²) in [5, 5.41) is 83.4. The van der Waals surface area contributed by atoms with Gasteiger partial charge in [-0.3, -0.25) is 0 Å². The van der Waals surface area contributed by atoms with Gasteiger partial charge in [0.05, 0.1) is 39.6 Å². The van der Waals surface area contributed by atoms with Crippen LogP contribution in [0.2, 0.25) is 0 Å². The van der Waals surface area contributed by atoms with Crippen LogP contribution in [0.3, 0.4) is 0 Å². The van der Waals surface area contributed by atoms with Crippen LogP contribution in [0.25, 0.3) is 0 Å². The third-order valence-corrected chi connectivity index (χ3v) is 29.6. The highest BCUT2D eigenvalue weighted by atomic mass is 16.8. The lowest BCUT2D eigenvalue weighted by Crippen LogP contribution is -2.60. The van der Waals surface area contributed by atoms with Crippen molar-refractivity contribution in [3.63, 3.8) is 0 Å². The quantitative estimate of drug-likeness (QED) is 0.0748. The van der Waals surface area contributed by atoms with Crippen LogP contribution in [0.4, 0.5) is 0 Å². The summed E-state index contributed by atoms with van der Waals surface area (Å²) in [4.78, 5) is 0. The number of aliphatic hydroxyl groups excluding tert-OH is 8. The van der Waals surface area contributed by atoms with Gasteiger partial charge in [-0.15, -0.1) is 0 Å². The second-order valence-electron chi connectivity index (χ2n) is 41.2. The van der Waals surface area contributed by atoms with E-state index in [0.29, 0.717) is 50.1 Å². The van der Waals surface area contributed by atoms with Crippen LogP contribution in [-0.4, -0.2) is 187 Å². The number of hydrogen-bond acceptors (Lipinski definition) is 17. The molecule has 30 atom stereocenters. The molecule has 116 heavy (non-hydrogen) atoms. The van der Waals surface area contributed by atoms with Crippen molar-refractivity contribution in [2.75, 3.05) is 72.9 Å². The molecule has 0 aromatic carbocycles. The van der Waals surface area contributed by atoms with Gasteiger partial charge in [0, 0.05) is 26.4 Å². The first-order valence-electron chi connectivity index (χ1n) is 49.5. The maximum Gasteiger partial charge on any atom is 0.189 e. The molecule has 3 aliphatic heterocycles. The van der Waals surface area contributed by atoms with Crippen LogP contribution in [-0.2, 0) is 42.6 Å². The van der Waals surface area contributed by atoms with Gasteiger partial charge in [0.15, 0.2) is 12.6 Å². The molecule has 22 unspecified atom stereocenters. The highest BCUT2D eigenvalue weighted by Crippen LogP contribution is 2.43. The highest BCUT2D eigenvalue weighted by molar-refractivity contribution is 4.91. The zero-order valence-corrected chi connectivity index (χ0v) is 77.5. The van der Waals surface area contributed by atoms with Crippen molar-refractivity contribution in [2.24, 2.45) is 107 Å². The van der Waals surface area contributed by atoms with Crippen molar-refractivity contribution >= 4 is 0 Å². The van der Waals surface area contributed by atoms with Gasteiger partial charge in [-0.2, -0.15) is 0 Å². The Kier molecular flexibility index (Phi) is 57.0. The maximum atomic E-state index is 11.1. The lowest BCUT2D eigenvalue weighted by Gasteiger charge is -2.41. The van der Waals surface area contributed by atoms with Crippen molar-refractivity contribution in [1.29, 1.82) is 0 Å². The summed E-state index contributed by atoms with van der Waals surface area (Å²) in [6.45, 7) is 36.5. The Morgan fingerprint density at radius 2 is 0.569 bits per heavy atom. The molecule has 2 aliphatic carbocycles. The smallest absolute Gasteiger partial charge is 0.189 e. The Balaban J connectivity index is 1.05. The van der Waals surface area contributed by atoms with Crippen LogP contribution in [0.15, 0.2) is 0 Å². The molecule has 0 aromatic heterocycles. The van der Waals surface area contributed by atoms with Crippen molar-refractivity contribution in [2.45, 2.75) is 453 Å². The molecule has 0 spiro atoms. The fourth-order valence-electron chi connectivity index (χ4n) is 20.1. The highest BCUT2D eigenvalue weighted by Gasteiger charge is 2.46. The van der Waals surface area contributed by atoms with Crippen molar-refractivity contribution in [3.05, 3.63) is 0 Å². The average molecular weight is 1650 g/mol. The van der Waals surface area contributed by atoms with Crippen LogP contribution in [0.5, 0.6) is 0 Å². The Hall–Kier alpha value is -0.680. The van der Waals surface area contributed by atoms with Crippen LogP contribution in [0.1, 0.15) is 379 Å². The Morgan fingerprint density at radius 1 is 0.267 bits per heavy atom. The number of hydrogen-bond donors (Lipinski definition) is 8. The number of rotatable bonds is 10. The monoisotopic (exact) mass is 1650 g/mol. The molecule has 4 bridgehead atoms. The Bertz CT molecular complexity index is 2310. The van der Waals surface area contributed by atoms with E-state index in [0.717, 1.165) is 122 Å². The minimum Gasteiger partial charge on any atom is -0.394 e. The summed E-state index contributed by atoms with van der Waals surface area (Å²) >= 11 is 0. The molecule has 5 fully saturated rings. The van der Waals surface area contributed by atoms with Crippen molar-refractivity contribution in [3.8, 4) is 0 Å². The van der Waals surface area contributed by atoms with Crippen LogP contribution >= 0.6 is 0 Å². The largest absolute Gasteiger partial charge is 0.394 e. The van der Waals surface area contributed by atoms with E-state index in [2.05, 4.69) is 96.9 Å². The lowest BCUT2D eigenvalue weighted by molar-refractivity contribution is -0.327. The first-order chi connectivity index (χ1) is 55.7. The van der Waals surface area contributed by atoms with Gasteiger partial charge in [0.2, 0.25) is 0 Å². The molecule has 8 N–H and O–H groups in total. The summed E-state index contributed by atoms with van der Waals surface area (Å²) in [7, 11) is 0. The molecule has 3 heterocycles. The summed E-state index contributed by atoms with van der Waals surface area (Å²) in [5.74, 6) is 13.9. The van der Waals surface area contributed by atoms with Gasteiger partial charge < -0.3 is 83.5 Å². The predicted molar refractivity (Wildman–Crippen MR) is 472 cm³/mol. The van der Waals surface area contributed by atoms with E-state index >= 15 is 0 Å². The zero-order chi connectivity index (χ0) is 84.6. The third-order valence-electron chi connectivity index (χ3n) is 29.6. The Morgan fingerprint density at radius 3 is 0.940 bits per heavy atom. The molecular formula is C99H190O17. The SMILES string of the molecule is CC1CCCC(C)CCCC(C)CCC(C)CCCC(C)CCCC(C)CCCC(C)CCOC(CO)COCCC(C)CCCC2CCC(C2)C(C)CCCC(C)CCC(C)CCCC(C)C2CCC(CCCC(C)CCOC(COC3O[C@H](COCOC4O[C@H](CO)[C@@H](O)[C@H](O)[C@H]4O)[C@@H](O)[C@H](O)[C@H]3O)COCCC(C)CCC1)C2. The number of fused-ring (bicyclic) bond motifs is 4. The van der Waals surface area contributed by atoms with Gasteiger partial charge >= 0.3 is 0 Å².